The van der Waals surface area contributed by atoms with Crippen molar-refractivity contribution in [1.29, 1.82) is 0 Å². The van der Waals surface area contributed by atoms with E-state index in [-0.39, 0.29) is 30.4 Å². The molecule has 0 aromatic heterocycles. The van der Waals surface area contributed by atoms with Gasteiger partial charge in [-0.3, -0.25) is 9.59 Å². The predicted molar refractivity (Wildman–Crippen MR) is 61.2 cm³/mol. The summed E-state index contributed by atoms with van der Waals surface area (Å²) in [6.07, 6.45) is 1.74. The normalized spacial score (nSPS) is 14.2. The van der Waals surface area contributed by atoms with E-state index in [1.807, 2.05) is 6.92 Å². The molecule has 0 amide bonds. The molecule has 0 saturated heterocycles. The van der Waals surface area contributed by atoms with Crippen LogP contribution in [0.25, 0.3) is 0 Å². The van der Waals surface area contributed by atoms with Crippen molar-refractivity contribution < 1.29 is 19.1 Å². The Morgan fingerprint density at radius 3 is 2.31 bits per heavy atom. The van der Waals surface area contributed by atoms with Crippen LogP contribution in [-0.2, 0) is 19.1 Å². The van der Waals surface area contributed by atoms with Crippen molar-refractivity contribution in [3.8, 4) is 0 Å². The van der Waals surface area contributed by atoms with Gasteiger partial charge < -0.3 is 9.47 Å². The third kappa shape index (κ3) is 7.40. The SMILES string of the molecule is CCCC(CC(C)=O)OC(=O)CC(C)OC. The second-order valence-corrected chi connectivity index (χ2v) is 4.06. The van der Waals surface area contributed by atoms with Gasteiger partial charge in [-0.25, -0.2) is 0 Å². The van der Waals surface area contributed by atoms with E-state index in [4.69, 9.17) is 9.47 Å². The van der Waals surface area contributed by atoms with Crippen LogP contribution in [0.15, 0.2) is 0 Å². The predicted octanol–water partition coefficient (Wildman–Crippen LogP) is 2.10. The highest BCUT2D eigenvalue weighted by molar-refractivity contribution is 5.77. The lowest BCUT2D eigenvalue weighted by Crippen LogP contribution is -2.23. The molecule has 0 fully saturated rings. The van der Waals surface area contributed by atoms with Crippen LogP contribution >= 0.6 is 0 Å². The van der Waals surface area contributed by atoms with Gasteiger partial charge in [-0.2, -0.15) is 0 Å². The number of carbonyl (C=O) groups is 2. The lowest BCUT2D eigenvalue weighted by molar-refractivity contribution is -0.152. The van der Waals surface area contributed by atoms with E-state index in [2.05, 4.69) is 0 Å². The highest BCUT2D eigenvalue weighted by atomic mass is 16.5. The highest BCUT2D eigenvalue weighted by Crippen LogP contribution is 2.10. The van der Waals surface area contributed by atoms with Crippen molar-refractivity contribution in [3.63, 3.8) is 0 Å². The first-order valence-corrected chi connectivity index (χ1v) is 5.71. The summed E-state index contributed by atoms with van der Waals surface area (Å²) in [5.74, 6) is -0.250. The van der Waals surface area contributed by atoms with E-state index in [0.717, 1.165) is 12.8 Å². The minimum Gasteiger partial charge on any atom is -0.462 e. The zero-order valence-electron chi connectivity index (χ0n) is 10.6. The molecule has 94 valence electrons. The Bertz CT molecular complexity index is 225. The molecule has 0 N–H and O–H groups in total. The number of rotatable bonds is 8. The fraction of sp³-hybridized carbons (Fsp3) is 0.833. The second kappa shape index (κ2) is 8.28. The number of carbonyl (C=O) groups excluding carboxylic acids is 2. The zero-order valence-corrected chi connectivity index (χ0v) is 10.6. The average Bonchev–Trinajstić information content (AvgIpc) is 2.16. The van der Waals surface area contributed by atoms with Gasteiger partial charge in [-0.1, -0.05) is 13.3 Å². The number of ether oxygens (including phenoxy) is 2. The van der Waals surface area contributed by atoms with Crippen LogP contribution in [0.3, 0.4) is 0 Å². The van der Waals surface area contributed by atoms with E-state index >= 15 is 0 Å². The molecule has 2 atom stereocenters. The van der Waals surface area contributed by atoms with Gasteiger partial charge in [-0.05, 0) is 20.3 Å². The summed E-state index contributed by atoms with van der Waals surface area (Å²) in [6, 6.07) is 0. The summed E-state index contributed by atoms with van der Waals surface area (Å²) in [5, 5.41) is 0. The van der Waals surface area contributed by atoms with E-state index in [1.54, 1.807) is 14.0 Å². The maximum absolute atomic E-state index is 11.5. The topological polar surface area (TPSA) is 52.6 Å². The molecule has 0 aliphatic rings. The van der Waals surface area contributed by atoms with Crippen LogP contribution in [0, 0.1) is 0 Å². The Hall–Kier alpha value is -0.900. The van der Waals surface area contributed by atoms with Gasteiger partial charge in [0.25, 0.3) is 0 Å². The summed E-state index contributed by atoms with van der Waals surface area (Å²) < 4.78 is 10.2. The van der Waals surface area contributed by atoms with Crippen LogP contribution in [0.5, 0.6) is 0 Å². The number of methoxy groups -OCH3 is 1. The monoisotopic (exact) mass is 230 g/mol. The molecule has 0 heterocycles. The summed E-state index contributed by atoms with van der Waals surface area (Å²) >= 11 is 0. The Morgan fingerprint density at radius 1 is 1.25 bits per heavy atom. The molecular weight excluding hydrogens is 208 g/mol. The van der Waals surface area contributed by atoms with Crippen molar-refractivity contribution >= 4 is 11.8 Å². The fourth-order valence-electron chi connectivity index (χ4n) is 1.40. The molecule has 4 heteroatoms. The van der Waals surface area contributed by atoms with Gasteiger partial charge in [0, 0.05) is 13.5 Å². The van der Waals surface area contributed by atoms with E-state index in [0.29, 0.717) is 6.42 Å². The quantitative estimate of drug-likeness (QED) is 0.599. The van der Waals surface area contributed by atoms with Crippen molar-refractivity contribution in [2.45, 2.75) is 58.7 Å². The van der Waals surface area contributed by atoms with Gasteiger partial charge in [0.1, 0.15) is 11.9 Å². The first-order chi connectivity index (χ1) is 7.49. The highest BCUT2D eigenvalue weighted by Gasteiger charge is 2.17. The van der Waals surface area contributed by atoms with Crippen LogP contribution < -0.4 is 0 Å². The summed E-state index contributed by atoms with van der Waals surface area (Å²) in [7, 11) is 1.55. The van der Waals surface area contributed by atoms with E-state index in [9.17, 15) is 9.59 Å². The lowest BCUT2D eigenvalue weighted by Gasteiger charge is -2.17. The molecule has 0 aromatic carbocycles. The van der Waals surface area contributed by atoms with Crippen molar-refractivity contribution in [3.05, 3.63) is 0 Å². The molecular formula is C12H22O4. The van der Waals surface area contributed by atoms with Crippen molar-refractivity contribution in [2.24, 2.45) is 0 Å². The minimum atomic E-state index is -0.297. The Balaban J connectivity index is 4.06. The Kier molecular flexibility index (Phi) is 7.81. The Morgan fingerprint density at radius 2 is 1.88 bits per heavy atom. The van der Waals surface area contributed by atoms with Gasteiger partial charge in [-0.15, -0.1) is 0 Å². The van der Waals surface area contributed by atoms with Crippen LogP contribution in [0.1, 0.15) is 46.5 Å². The second-order valence-electron chi connectivity index (χ2n) is 4.06. The van der Waals surface area contributed by atoms with Crippen LogP contribution in [-0.4, -0.2) is 31.1 Å². The zero-order chi connectivity index (χ0) is 12.6. The molecule has 4 nitrogen and oxygen atoms in total. The molecule has 0 saturated carbocycles. The van der Waals surface area contributed by atoms with Crippen LogP contribution in [0.2, 0.25) is 0 Å². The molecule has 0 aliphatic carbocycles. The first-order valence-electron chi connectivity index (χ1n) is 5.71. The molecule has 0 rings (SSSR count). The smallest absolute Gasteiger partial charge is 0.308 e. The first kappa shape index (κ1) is 15.1. The molecule has 0 aromatic rings. The number of ketones is 1. The van der Waals surface area contributed by atoms with Crippen molar-refractivity contribution in [2.75, 3.05) is 7.11 Å². The van der Waals surface area contributed by atoms with Crippen molar-refractivity contribution in [1.82, 2.24) is 0 Å². The number of esters is 1. The maximum Gasteiger partial charge on any atom is 0.308 e. The molecule has 0 radical (unpaired) electrons. The lowest BCUT2D eigenvalue weighted by atomic mass is 10.1. The third-order valence-electron chi connectivity index (χ3n) is 2.28. The minimum absolute atomic E-state index is 0.0473. The van der Waals surface area contributed by atoms with Gasteiger partial charge in [0.05, 0.1) is 12.5 Å². The van der Waals surface area contributed by atoms with Gasteiger partial charge in [0.15, 0.2) is 0 Å². The molecule has 0 bridgehead atoms. The van der Waals surface area contributed by atoms with Gasteiger partial charge in [0.2, 0.25) is 0 Å². The largest absolute Gasteiger partial charge is 0.462 e. The number of Topliss-reactive ketones (excluding diaryl/α,β-unsaturated/α-hetero) is 1. The number of hydrogen-bond acceptors (Lipinski definition) is 4. The van der Waals surface area contributed by atoms with E-state index in [1.165, 1.54) is 6.92 Å². The van der Waals surface area contributed by atoms with E-state index < -0.39 is 0 Å². The summed E-state index contributed by atoms with van der Waals surface area (Å²) in [4.78, 5) is 22.4. The van der Waals surface area contributed by atoms with Crippen LogP contribution in [0.4, 0.5) is 0 Å². The third-order valence-corrected chi connectivity index (χ3v) is 2.28. The average molecular weight is 230 g/mol. The molecule has 2 unspecified atom stereocenters. The summed E-state index contributed by atoms with van der Waals surface area (Å²) in [5.41, 5.74) is 0. The summed E-state index contributed by atoms with van der Waals surface area (Å²) in [6.45, 7) is 5.31. The van der Waals surface area contributed by atoms with Gasteiger partial charge >= 0.3 is 5.97 Å². The standard InChI is InChI=1S/C12H22O4/c1-5-6-11(7-9(2)13)16-12(14)8-10(3)15-4/h10-11H,5-8H2,1-4H3. The Labute approximate surface area is 97.3 Å². The molecule has 0 aliphatic heterocycles. The molecule has 16 heavy (non-hydrogen) atoms. The molecule has 0 spiro atoms. The maximum atomic E-state index is 11.5. The number of hydrogen-bond donors (Lipinski definition) is 0. The fourth-order valence-corrected chi connectivity index (χ4v) is 1.40.